The molecular formula is C29H26N4O4. The van der Waals surface area contributed by atoms with Gasteiger partial charge in [0.05, 0.1) is 18.7 Å². The predicted molar refractivity (Wildman–Crippen MR) is 139 cm³/mol. The van der Waals surface area contributed by atoms with E-state index in [1.165, 1.54) is 4.90 Å². The van der Waals surface area contributed by atoms with E-state index in [0.29, 0.717) is 22.3 Å². The van der Waals surface area contributed by atoms with Gasteiger partial charge >= 0.3 is 5.97 Å². The molecule has 0 atom stereocenters. The van der Waals surface area contributed by atoms with Gasteiger partial charge in [-0.25, -0.2) is 0 Å². The van der Waals surface area contributed by atoms with Crippen molar-refractivity contribution in [3.8, 4) is 11.1 Å². The Hall–Kier alpha value is -4.85. The van der Waals surface area contributed by atoms with Crippen molar-refractivity contribution in [3.05, 3.63) is 120 Å². The molecule has 0 saturated carbocycles. The molecule has 0 radical (unpaired) electrons. The number of nitrogens with zero attached hydrogens (tertiary/aromatic N) is 3. The van der Waals surface area contributed by atoms with E-state index in [-0.39, 0.29) is 37.9 Å². The number of nitrogens with one attached hydrogen (secondary N) is 1. The number of amides is 2. The van der Waals surface area contributed by atoms with Crippen LogP contribution in [0.2, 0.25) is 0 Å². The first-order valence-corrected chi connectivity index (χ1v) is 11.8. The summed E-state index contributed by atoms with van der Waals surface area (Å²) in [7, 11) is 0. The number of carboxylic acids is 1. The molecule has 8 nitrogen and oxygen atoms in total. The summed E-state index contributed by atoms with van der Waals surface area (Å²) in [6.07, 6.45) is 4.76. The number of carbonyl (C=O) groups is 3. The summed E-state index contributed by atoms with van der Waals surface area (Å²) in [6, 6.07) is 23.2. The largest absolute Gasteiger partial charge is 0.481 e. The molecule has 0 aliphatic carbocycles. The Morgan fingerprint density at radius 2 is 1.51 bits per heavy atom. The lowest BCUT2D eigenvalue weighted by Gasteiger charge is -2.24. The molecule has 0 saturated heterocycles. The fourth-order valence-corrected chi connectivity index (χ4v) is 3.95. The monoisotopic (exact) mass is 494 g/mol. The molecule has 186 valence electrons. The first kappa shape index (κ1) is 25.2. The average Bonchev–Trinajstić information content (AvgIpc) is 2.94. The van der Waals surface area contributed by atoms with Crippen LogP contribution in [0.15, 0.2) is 97.5 Å². The zero-order chi connectivity index (χ0) is 26.0. The van der Waals surface area contributed by atoms with Gasteiger partial charge in [-0.3, -0.25) is 24.4 Å². The topological polar surface area (TPSA) is 112 Å². The molecule has 0 bridgehead atoms. The molecule has 2 aromatic carbocycles. The fourth-order valence-electron chi connectivity index (χ4n) is 3.95. The highest BCUT2D eigenvalue weighted by Gasteiger charge is 2.23. The van der Waals surface area contributed by atoms with Gasteiger partial charge in [0.15, 0.2) is 0 Å². The van der Waals surface area contributed by atoms with E-state index in [0.717, 1.165) is 11.3 Å². The summed E-state index contributed by atoms with van der Waals surface area (Å²) in [5, 5.41) is 12.1. The maximum absolute atomic E-state index is 13.8. The maximum Gasteiger partial charge on any atom is 0.305 e. The van der Waals surface area contributed by atoms with Gasteiger partial charge in [-0.05, 0) is 47.0 Å². The van der Waals surface area contributed by atoms with Crippen LogP contribution in [-0.2, 0) is 17.9 Å². The van der Waals surface area contributed by atoms with Crippen molar-refractivity contribution < 1.29 is 19.5 Å². The van der Waals surface area contributed by atoms with E-state index >= 15 is 0 Å². The molecular weight excluding hydrogens is 468 g/mol. The summed E-state index contributed by atoms with van der Waals surface area (Å²) in [5.41, 5.74) is 3.50. The van der Waals surface area contributed by atoms with Gasteiger partial charge in [-0.15, -0.1) is 0 Å². The van der Waals surface area contributed by atoms with E-state index in [1.807, 2.05) is 30.3 Å². The van der Waals surface area contributed by atoms with Gasteiger partial charge in [0.25, 0.3) is 11.8 Å². The summed E-state index contributed by atoms with van der Waals surface area (Å²) >= 11 is 0. The van der Waals surface area contributed by atoms with Crippen LogP contribution in [0.3, 0.4) is 0 Å². The van der Waals surface area contributed by atoms with E-state index in [4.69, 9.17) is 0 Å². The second-order valence-electron chi connectivity index (χ2n) is 8.33. The summed E-state index contributed by atoms with van der Waals surface area (Å²) in [4.78, 5) is 48.0. The van der Waals surface area contributed by atoms with Gasteiger partial charge in [0.1, 0.15) is 0 Å². The van der Waals surface area contributed by atoms with Crippen molar-refractivity contribution in [1.29, 1.82) is 0 Å². The summed E-state index contributed by atoms with van der Waals surface area (Å²) in [5.74, 6) is -1.61. The van der Waals surface area contributed by atoms with E-state index in [2.05, 4.69) is 15.3 Å². The molecule has 2 amide bonds. The standard InChI is InChI=1S/C29H26N4O4/c34-27(35)14-17-33(20-21-8-7-15-30-18-21)29(37)26-13-4-2-11-24(26)23-10-1-3-12-25(23)28(36)32-19-22-9-5-6-16-31-22/h1-13,15-16,18H,14,17,19-20H2,(H,32,36)(H,34,35). The Balaban J connectivity index is 1.64. The van der Waals surface area contributed by atoms with Crippen LogP contribution in [0, 0.1) is 0 Å². The van der Waals surface area contributed by atoms with E-state index < -0.39 is 5.97 Å². The van der Waals surface area contributed by atoms with Crippen molar-refractivity contribution in [2.24, 2.45) is 0 Å². The molecule has 0 unspecified atom stereocenters. The number of aromatic nitrogens is 2. The molecule has 4 aromatic rings. The van der Waals surface area contributed by atoms with Gasteiger partial charge in [-0.2, -0.15) is 0 Å². The highest BCUT2D eigenvalue weighted by Crippen LogP contribution is 2.29. The minimum absolute atomic E-state index is 0.0314. The molecule has 0 aliphatic heterocycles. The highest BCUT2D eigenvalue weighted by molar-refractivity contribution is 6.06. The second-order valence-corrected chi connectivity index (χ2v) is 8.33. The van der Waals surface area contributed by atoms with Gasteiger partial charge < -0.3 is 15.3 Å². The van der Waals surface area contributed by atoms with Crippen LogP contribution in [-0.4, -0.2) is 44.3 Å². The zero-order valence-corrected chi connectivity index (χ0v) is 20.1. The molecule has 37 heavy (non-hydrogen) atoms. The quantitative estimate of drug-likeness (QED) is 0.342. The number of pyridine rings is 2. The molecule has 2 aromatic heterocycles. The number of carboxylic acid groups (broad SMARTS) is 1. The Morgan fingerprint density at radius 1 is 0.811 bits per heavy atom. The number of aliphatic carboxylic acids is 1. The Morgan fingerprint density at radius 3 is 2.19 bits per heavy atom. The van der Waals surface area contributed by atoms with Crippen molar-refractivity contribution in [1.82, 2.24) is 20.2 Å². The van der Waals surface area contributed by atoms with Crippen molar-refractivity contribution in [3.63, 3.8) is 0 Å². The number of rotatable bonds is 10. The van der Waals surface area contributed by atoms with Crippen molar-refractivity contribution in [2.75, 3.05) is 6.54 Å². The first-order chi connectivity index (χ1) is 18.0. The Labute approximate surface area is 214 Å². The van der Waals surface area contributed by atoms with E-state index in [1.54, 1.807) is 67.1 Å². The summed E-state index contributed by atoms with van der Waals surface area (Å²) < 4.78 is 0. The predicted octanol–water partition coefficient (Wildman–Crippen LogP) is 4.19. The average molecular weight is 495 g/mol. The third-order valence-corrected chi connectivity index (χ3v) is 5.75. The summed E-state index contributed by atoms with van der Waals surface area (Å²) in [6.45, 7) is 0.507. The van der Waals surface area contributed by atoms with Crippen LogP contribution in [0.5, 0.6) is 0 Å². The zero-order valence-electron chi connectivity index (χ0n) is 20.1. The third kappa shape index (κ3) is 6.64. The third-order valence-electron chi connectivity index (χ3n) is 5.75. The SMILES string of the molecule is O=C(O)CCN(Cc1cccnc1)C(=O)c1ccccc1-c1ccccc1C(=O)NCc1ccccn1. The lowest BCUT2D eigenvalue weighted by atomic mass is 9.94. The lowest BCUT2D eigenvalue weighted by molar-refractivity contribution is -0.137. The van der Waals surface area contributed by atoms with Crippen LogP contribution in [0.25, 0.3) is 11.1 Å². The first-order valence-electron chi connectivity index (χ1n) is 11.8. The normalized spacial score (nSPS) is 10.5. The minimum Gasteiger partial charge on any atom is -0.481 e. The fraction of sp³-hybridized carbons (Fsp3) is 0.138. The van der Waals surface area contributed by atoms with Gasteiger partial charge in [0, 0.05) is 42.8 Å². The lowest BCUT2D eigenvalue weighted by Crippen LogP contribution is -2.33. The van der Waals surface area contributed by atoms with Crippen LogP contribution >= 0.6 is 0 Å². The number of hydrogen-bond donors (Lipinski definition) is 2. The van der Waals surface area contributed by atoms with Gasteiger partial charge in [-0.1, -0.05) is 48.5 Å². The van der Waals surface area contributed by atoms with E-state index in [9.17, 15) is 19.5 Å². The number of hydrogen-bond acceptors (Lipinski definition) is 5. The van der Waals surface area contributed by atoms with Crippen LogP contribution < -0.4 is 5.32 Å². The van der Waals surface area contributed by atoms with Crippen LogP contribution in [0.4, 0.5) is 0 Å². The maximum atomic E-state index is 13.8. The molecule has 0 aliphatic rings. The van der Waals surface area contributed by atoms with Crippen LogP contribution in [0.1, 0.15) is 38.4 Å². The van der Waals surface area contributed by atoms with Gasteiger partial charge in [0.2, 0.25) is 0 Å². The highest BCUT2D eigenvalue weighted by atomic mass is 16.4. The number of carbonyl (C=O) groups excluding carboxylic acids is 2. The minimum atomic E-state index is -0.993. The second kappa shape index (κ2) is 12.2. The van der Waals surface area contributed by atoms with Crippen molar-refractivity contribution >= 4 is 17.8 Å². The molecule has 0 spiro atoms. The Kier molecular flexibility index (Phi) is 8.33. The molecule has 4 rings (SSSR count). The number of benzene rings is 2. The molecule has 8 heteroatoms. The molecule has 2 N–H and O–H groups in total. The molecule has 0 fully saturated rings. The smallest absolute Gasteiger partial charge is 0.305 e. The van der Waals surface area contributed by atoms with Crippen molar-refractivity contribution in [2.45, 2.75) is 19.5 Å². The Bertz CT molecular complexity index is 1380. The molecule has 2 heterocycles.